The Morgan fingerprint density at radius 3 is 2.56 bits per heavy atom. The molecule has 0 saturated heterocycles. The predicted molar refractivity (Wildman–Crippen MR) is 94.3 cm³/mol. The fourth-order valence-electron chi connectivity index (χ4n) is 6.88. The van der Waals surface area contributed by atoms with Gasteiger partial charge in [-0.1, -0.05) is 26.0 Å². The number of carbonyl (C=O) groups is 3. The summed E-state index contributed by atoms with van der Waals surface area (Å²) in [5.41, 5.74) is -0.371. The number of carbonyl (C=O) groups excluding carboxylic acids is 3. The van der Waals surface area contributed by atoms with Crippen LogP contribution in [-0.2, 0) is 14.4 Å². The highest BCUT2D eigenvalue weighted by Gasteiger charge is 2.63. The highest BCUT2D eigenvalue weighted by atomic mass is 16.1. The molecule has 3 saturated carbocycles. The van der Waals surface area contributed by atoms with Crippen LogP contribution < -0.4 is 0 Å². The van der Waals surface area contributed by atoms with E-state index in [1.54, 1.807) is 6.92 Å². The minimum atomic E-state index is -0.322. The van der Waals surface area contributed by atoms with Crippen molar-refractivity contribution in [2.45, 2.75) is 52.9 Å². The van der Waals surface area contributed by atoms with Crippen LogP contribution in [0.3, 0.4) is 0 Å². The van der Waals surface area contributed by atoms with Crippen molar-refractivity contribution in [3.63, 3.8) is 0 Å². The molecule has 4 aliphatic rings. The first-order valence-electron chi connectivity index (χ1n) is 9.53. The molecular formula is C21H27NO3. The molecule has 4 nitrogen and oxygen atoms in total. The van der Waals surface area contributed by atoms with Gasteiger partial charge in [-0.2, -0.15) is 0 Å². The second-order valence-electron chi connectivity index (χ2n) is 9.26. The van der Waals surface area contributed by atoms with Crippen LogP contribution in [0.1, 0.15) is 52.9 Å². The van der Waals surface area contributed by atoms with Gasteiger partial charge in [0.15, 0.2) is 5.78 Å². The molecule has 3 fully saturated rings. The van der Waals surface area contributed by atoms with Gasteiger partial charge in [0.25, 0.3) is 0 Å². The standard InChI is InChI=1S/C21H27NO3/c1-11(23)13-6-7-14-12-4-5-15-19(22)16(24)8-9-20(15,2)18(12)17(25)10-21(13,14)3/h4-5,12-15,18,22H,6-10H2,1-3H3/t12-,13+,14-,15?,18+,20-,21+/m0/s1. The molecule has 0 amide bonds. The van der Waals surface area contributed by atoms with Crippen LogP contribution in [0, 0.1) is 45.8 Å². The molecule has 0 aliphatic heterocycles. The fourth-order valence-corrected chi connectivity index (χ4v) is 6.88. The van der Waals surface area contributed by atoms with E-state index in [2.05, 4.69) is 19.9 Å². The summed E-state index contributed by atoms with van der Waals surface area (Å²) in [4.78, 5) is 37.4. The first kappa shape index (κ1) is 16.9. The summed E-state index contributed by atoms with van der Waals surface area (Å²) in [6.45, 7) is 5.91. The highest BCUT2D eigenvalue weighted by Crippen LogP contribution is 2.64. The molecule has 0 aromatic heterocycles. The number of rotatable bonds is 1. The summed E-state index contributed by atoms with van der Waals surface area (Å²) < 4.78 is 0. The van der Waals surface area contributed by atoms with Gasteiger partial charge in [0.2, 0.25) is 0 Å². The van der Waals surface area contributed by atoms with Gasteiger partial charge in [-0.05, 0) is 48.9 Å². The van der Waals surface area contributed by atoms with Crippen LogP contribution in [0.4, 0.5) is 0 Å². The van der Waals surface area contributed by atoms with Crippen LogP contribution >= 0.6 is 0 Å². The molecule has 4 rings (SSSR count). The number of ketones is 3. The second kappa shape index (κ2) is 5.21. The van der Waals surface area contributed by atoms with Gasteiger partial charge in [0.05, 0.1) is 5.71 Å². The quantitative estimate of drug-likeness (QED) is 0.743. The van der Waals surface area contributed by atoms with Crippen molar-refractivity contribution in [1.82, 2.24) is 0 Å². The van der Waals surface area contributed by atoms with Gasteiger partial charge in [0.1, 0.15) is 11.6 Å². The van der Waals surface area contributed by atoms with Crippen molar-refractivity contribution in [3.8, 4) is 0 Å². The van der Waals surface area contributed by atoms with Crippen LogP contribution in [0.25, 0.3) is 0 Å². The second-order valence-corrected chi connectivity index (χ2v) is 9.26. The molecule has 4 heteroatoms. The van der Waals surface area contributed by atoms with Crippen LogP contribution in [0.5, 0.6) is 0 Å². The molecule has 0 aromatic carbocycles. The third-order valence-electron chi connectivity index (χ3n) is 8.10. The maximum Gasteiger partial charge on any atom is 0.176 e. The highest BCUT2D eigenvalue weighted by molar-refractivity contribution is 6.40. The van der Waals surface area contributed by atoms with Crippen LogP contribution in [0.2, 0.25) is 0 Å². The number of hydrogen-bond donors (Lipinski definition) is 1. The lowest BCUT2D eigenvalue weighted by atomic mass is 9.46. The molecule has 134 valence electrons. The van der Waals surface area contributed by atoms with E-state index >= 15 is 0 Å². The van der Waals surface area contributed by atoms with E-state index in [1.807, 2.05) is 6.08 Å². The van der Waals surface area contributed by atoms with E-state index in [9.17, 15) is 14.4 Å². The Morgan fingerprint density at radius 2 is 1.88 bits per heavy atom. The Hall–Kier alpha value is -1.58. The summed E-state index contributed by atoms with van der Waals surface area (Å²) in [6.07, 6.45) is 7.57. The van der Waals surface area contributed by atoms with Crippen molar-refractivity contribution in [3.05, 3.63) is 12.2 Å². The summed E-state index contributed by atoms with van der Waals surface area (Å²) in [6, 6.07) is 0. The molecule has 0 aromatic rings. The Balaban J connectivity index is 1.77. The predicted octanol–water partition coefficient (Wildman–Crippen LogP) is 3.39. The zero-order valence-corrected chi connectivity index (χ0v) is 15.3. The number of hydrogen-bond acceptors (Lipinski definition) is 4. The maximum atomic E-state index is 13.3. The van der Waals surface area contributed by atoms with Crippen molar-refractivity contribution >= 4 is 23.1 Å². The van der Waals surface area contributed by atoms with E-state index in [0.717, 1.165) is 12.8 Å². The number of fused-ring (bicyclic) bond motifs is 5. The summed E-state index contributed by atoms with van der Waals surface area (Å²) >= 11 is 0. The molecule has 0 bridgehead atoms. The van der Waals surface area contributed by atoms with Gasteiger partial charge in [-0.15, -0.1) is 0 Å². The summed E-state index contributed by atoms with van der Waals surface area (Å²) in [5.74, 6) is 0.542. The third kappa shape index (κ3) is 2.06. The molecular weight excluding hydrogens is 314 g/mol. The summed E-state index contributed by atoms with van der Waals surface area (Å²) in [5, 5.41) is 8.23. The molecule has 1 unspecified atom stereocenters. The molecule has 25 heavy (non-hydrogen) atoms. The minimum Gasteiger partial charge on any atom is -0.301 e. The SMILES string of the molecule is CC(=O)[C@H]1CC[C@H]2[C@@H]3C=CC4C(=N)C(=O)CC[C@]4(C)[C@H]3C(=O)C[C@]12C. The number of Topliss-reactive ketones (excluding diaryl/α,β-unsaturated/α-hetero) is 3. The van der Waals surface area contributed by atoms with Gasteiger partial charge >= 0.3 is 0 Å². The van der Waals surface area contributed by atoms with Crippen LogP contribution in [-0.4, -0.2) is 23.1 Å². The fraction of sp³-hybridized carbons (Fsp3) is 0.714. The lowest BCUT2D eigenvalue weighted by molar-refractivity contribution is -0.146. The van der Waals surface area contributed by atoms with Gasteiger partial charge in [-0.3, -0.25) is 14.4 Å². The zero-order chi connectivity index (χ0) is 18.1. The van der Waals surface area contributed by atoms with Crippen molar-refractivity contribution < 1.29 is 14.4 Å². The Kier molecular flexibility index (Phi) is 3.52. The van der Waals surface area contributed by atoms with E-state index in [1.165, 1.54) is 0 Å². The van der Waals surface area contributed by atoms with Crippen LogP contribution in [0.15, 0.2) is 12.2 Å². The average molecular weight is 341 g/mol. The van der Waals surface area contributed by atoms with Gasteiger partial charge in [-0.25, -0.2) is 0 Å². The lowest BCUT2D eigenvalue weighted by Gasteiger charge is -2.56. The molecule has 4 aliphatic carbocycles. The molecule has 1 N–H and O–H groups in total. The van der Waals surface area contributed by atoms with E-state index < -0.39 is 0 Å². The van der Waals surface area contributed by atoms with Crippen molar-refractivity contribution in [2.75, 3.05) is 0 Å². The molecule has 0 radical (unpaired) electrons. The normalized spacial score (nSPS) is 48.8. The van der Waals surface area contributed by atoms with Crippen molar-refractivity contribution in [1.29, 1.82) is 5.41 Å². The Labute approximate surface area is 148 Å². The molecule has 0 heterocycles. The molecule has 7 atom stereocenters. The average Bonchev–Trinajstić information content (AvgIpc) is 2.88. The van der Waals surface area contributed by atoms with E-state index in [4.69, 9.17) is 5.41 Å². The number of allylic oxidation sites excluding steroid dienone is 2. The Morgan fingerprint density at radius 1 is 1.16 bits per heavy atom. The Bertz CT molecular complexity index is 723. The lowest BCUT2D eigenvalue weighted by Crippen LogP contribution is -2.58. The monoisotopic (exact) mass is 341 g/mol. The largest absolute Gasteiger partial charge is 0.301 e. The summed E-state index contributed by atoms with van der Waals surface area (Å²) in [7, 11) is 0. The van der Waals surface area contributed by atoms with Crippen molar-refractivity contribution in [2.24, 2.45) is 40.4 Å². The van der Waals surface area contributed by atoms with E-state index in [-0.39, 0.29) is 57.6 Å². The zero-order valence-electron chi connectivity index (χ0n) is 15.3. The molecule has 0 spiro atoms. The topological polar surface area (TPSA) is 75.1 Å². The minimum absolute atomic E-state index is 0.00689. The first-order valence-corrected chi connectivity index (χ1v) is 9.53. The van der Waals surface area contributed by atoms with Gasteiger partial charge in [0, 0.05) is 30.6 Å². The number of nitrogens with one attached hydrogen (secondary N) is 1. The van der Waals surface area contributed by atoms with Gasteiger partial charge < -0.3 is 5.41 Å². The van der Waals surface area contributed by atoms with E-state index in [0.29, 0.717) is 25.2 Å². The maximum absolute atomic E-state index is 13.3. The first-order chi connectivity index (χ1) is 11.7. The smallest absolute Gasteiger partial charge is 0.176 e. The third-order valence-corrected chi connectivity index (χ3v) is 8.10.